The molecule has 6 nitrogen and oxygen atoms in total. The molecule has 2 aromatic rings. The van der Waals surface area contributed by atoms with Crippen LogP contribution in [0.25, 0.3) is 0 Å². The van der Waals surface area contributed by atoms with Crippen molar-refractivity contribution in [2.24, 2.45) is 0 Å². The zero-order chi connectivity index (χ0) is 27.9. The van der Waals surface area contributed by atoms with Crippen LogP contribution in [0.5, 0.6) is 0 Å². The van der Waals surface area contributed by atoms with E-state index >= 15 is 0 Å². The second-order valence-corrected chi connectivity index (χ2v) is 8.59. The molecule has 0 unspecified atom stereocenters. The van der Waals surface area contributed by atoms with Crippen LogP contribution in [0.2, 0.25) is 5.02 Å². The SMILES string of the molecule is CC.CC(C)=O.CCCN[C@H](CC)CCCOC.Cc1ccc(Cl)cc1NC(=O)c1cccnc1C. The highest BCUT2D eigenvalue weighted by molar-refractivity contribution is 6.31. The van der Waals surface area contributed by atoms with Crippen molar-refractivity contribution in [3.63, 3.8) is 0 Å². The van der Waals surface area contributed by atoms with Crippen LogP contribution in [-0.4, -0.2) is 43.0 Å². The molecule has 0 saturated heterocycles. The molecule has 1 aromatic heterocycles. The van der Waals surface area contributed by atoms with Gasteiger partial charge in [-0.3, -0.25) is 9.78 Å². The summed E-state index contributed by atoms with van der Waals surface area (Å²) in [6.07, 6.45) is 6.53. The third-order valence-corrected chi connectivity index (χ3v) is 5.01. The van der Waals surface area contributed by atoms with E-state index in [9.17, 15) is 9.59 Å². The highest BCUT2D eigenvalue weighted by Gasteiger charge is 2.10. The summed E-state index contributed by atoms with van der Waals surface area (Å²) in [4.78, 5) is 25.6. The Morgan fingerprint density at radius 3 is 2.28 bits per heavy atom. The number of carbonyl (C=O) groups excluding carboxylic acids is 2. The van der Waals surface area contributed by atoms with Crippen LogP contribution >= 0.6 is 11.6 Å². The smallest absolute Gasteiger partial charge is 0.257 e. The van der Waals surface area contributed by atoms with Gasteiger partial charge in [0.2, 0.25) is 0 Å². The van der Waals surface area contributed by atoms with Crippen LogP contribution in [0.1, 0.15) is 88.8 Å². The van der Waals surface area contributed by atoms with Crippen molar-refractivity contribution in [3.8, 4) is 0 Å². The third-order valence-electron chi connectivity index (χ3n) is 4.78. The number of methoxy groups -OCH3 is 1. The Hall–Kier alpha value is -2.28. The van der Waals surface area contributed by atoms with Gasteiger partial charge in [-0.1, -0.05) is 45.4 Å². The first-order valence-electron chi connectivity index (χ1n) is 12.8. The van der Waals surface area contributed by atoms with Gasteiger partial charge in [0, 0.05) is 42.4 Å². The van der Waals surface area contributed by atoms with E-state index in [4.69, 9.17) is 16.3 Å². The number of Topliss-reactive ketones (excluding diaryl/α,β-unsaturated/α-hetero) is 1. The Kier molecular flexibility index (Phi) is 23.1. The molecule has 2 rings (SSSR count). The Labute approximate surface area is 224 Å². The van der Waals surface area contributed by atoms with Gasteiger partial charge in [0.1, 0.15) is 5.78 Å². The predicted octanol–water partition coefficient (Wildman–Crippen LogP) is 7.42. The molecule has 1 atom stereocenters. The van der Waals surface area contributed by atoms with E-state index < -0.39 is 0 Å². The molecule has 1 aromatic carbocycles. The number of hydrogen-bond acceptors (Lipinski definition) is 5. The molecule has 0 aliphatic carbocycles. The average Bonchev–Trinajstić information content (AvgIpc) is 2.85. The third kappa shape index (κ3) is 18.1. The fraction of sp³-hybridized carbons (Fsp3) is 0.552. The molecular weight excluding hydrogens is 474 g/mol. The van der Waals surface area contributed by atoms with Gasteiger partial charge in [-0.2, -0.15) is 0 Å². The van der Waals surface area contributed by atoms with E-state index in [1.807, 2.05) is 26.8 Å². The van der Waals surface area contributed by atoms with Crippen LogP contribution in [0, 0.1) is 13.8 Å². The minimum atomic E-state index is -0.175. The summed E-state index contributed by atoms with van der Waals surface area (Å²) in [6, 6.07) is 9.58. The number of rotatable bonds is 10. The van der Waals surface area contributed by atoms with Crippen molar-refractivity contribution in [3.05, 3.63) is 58.4 Å². The summed E-state index contributed by atoms with van der Waals surface area (Å²) >= 11 is 5.91. The maximum atomic E-state index is 12.1. The maximum Gasteiger partial charge on any atom is 0.257 e. The number of carbonyl (C=O) groups is 2. The van der Waals surface area contributed by atoms with Crippen molar-refractivity contribution >= 4 is 29.0 Å². The summed E-state index contributed by atoms with van der Waals surface area (Å²) in [5.41, 5.74) is 2.96. The number of halogens is 1. The van der Waals surface area contributed by atoms with Gasteiger partial charge in [0.15, 0.2) is 0 Å². The number of pyridine rings is 1. The molecule has 0 saturated carbocycles. The Balaban J connectivity index is 0. The lowest BCUT2D eigenvalue weighted by atomic mass is 10.1. The standard InChI is InChI=1S/C14H13ClN2O.C10H23NO.C3H6O.C2H6/c1-9-5-6-11(15)8-13(9)17-14(18)12-4-3-7-16-10(12)2;1-4-8-11-10(5-2)7-6-9-12-3;1-3(2)4;1-2/h3-8H,1-2H3,(H,17,18);10-11H,4-9H2,1-3H3;1-2H3;1-2H3/t;10-;;/m.1../s1. The van der Waals surface area contributed by atoms with E-state index in [1.165, 1.54) is 39.5 Å². The zero-order valence-electron chi connectivity index (χ0n) is 23.8. The van der Waals surface area contributed by atoms with Gasteiger partial charge < -0.3 is 20.2 Å². The molecule has 0 aliphatic heterocycles. The van der Waals surface area contributed by atoms with Gasteiger partial charge >= 0.3 is 0 Å². The highest BCUT2D eigenvalue weighted by atomic mass is 35.5. The van der Waals surface area contributed by atoms with Crippen LogP contribution in [-0.2, 0) is 9.53 Å². The molecule has 1 heterocycles. The first-order chi connectivity index (χ1) is 17.2. The molecule has 0 aliphatic rings. The first kappa shape index (κ1) is 35.9. The minimum Gasteiger partial charge on any atom is -0.385 e. The molecule has 7 heteroatoms. The average molecular weight is 522 g/mol. The van der Waals surface area contributed by atoms with E-state index in [0.29, 0.717) is 22.3 Å². The fourth-order valence-electron chi connectivity index (χ4n) is 2.92. The van der Waals surface area contributed by atoms with Crippen LogP contribution < -0.4 is 10.6 Å². The number of aromatic nitrogens is 1. The second kappa shape index (κ2) is 23.1. The van der Waals surface area contributed by atoms with Gasteiger partial charge in [0.05, 0.1) is 5.56 Å². The van der Waals surface area contributed by atoms with Crippen molar-refractivity contribution in [2.45, 2.75) is 87.1 Å². The number of ether oxygens (including phenoxy) is 1. The summed E-state index contributed by atoms with van der Waals surface area (Å²) in [6.45, 7) is 17.3. The number of aryl methyl sites for hydroxylation is 2. The van der Waals surface area contributed by atoms with Crippen LogP contribution in [0.15, 0.2) is 36.5 Å². The number of anilines is 1. The molecule has 0 bridgehead atoms. The number of nitrogens with zero attached hydrogens (tertiary/aromatic N) is 1. The van der Waals surface area contributed by atoms with Gasteiger partial charge in [-0.05, 0) is 89.8 Å². The molecule has 0 spiro atoms. The molecular formula is C29H48ClN3O3. The van der Waals surface area contributed by atoms with Crippen molar-refractivity contribution in [2.75, 3.05) is 25.6 Å². The molecule has 0 fully saturated rings. The summed E-state index contributed by atoms with van der Waals surface area (Å²) < 4.78 is 5.01. The number of hydrogen-bond donors (Lipinski definition) is 2. The summed E-state index contributed by atoms with van der Waals surface area (Å²) in [7, 11) is 1.76. The van der Waals surface area contributed by atoms with E-state index in [2.05, 4.69) is 29.5 Å². The first-order valence-corrected chi connectivity index (χ1v) is 13.2. The van der Waals surface area contributed by atoms with E-state index in [-0.39, 0.29) is 11.7 Å². The van der Waals surface area contributed by atoms with Crippen molar-refractivity contribution < 1.29 is 14.3 Å². The fourth-order valence-corrected chi connectivity index (χ4v) is 3.09. The highest BCUT2D eigenvalue weighted by Crippen LogP contribution is 2.21. The quantitative estimate of drug-likeness (QED) is 0.318. The lowest BCUT2D eigenvalue weighted by Gasteiger charge is -2.15. The lowest BCUT2D eigenvalue weighted by molar-refractivity contribution is -0.115. The lowest BCUT2D eigenvalue weighted by Crippen LogP contribution is -2.29. The summed E-state index contributed by atoms with van der Waals surface area (Å²) in [5.74, 6) is -0.00836. The maximum absolute atomic E-state index is 12.1. The zero-order valence-corrected chi connectivity index (χ0v) is 24.6. The van der Waals surface area contributed by atoms with E-state index in [0.717, 1.165) is 24.4 Å². The van der Waals surface area contributed by atoms with Crippen molar-refractivity contribution in [1.29, 1.82) is 0 Å². The number of nitrogens with one attached hydrogen (secondary N) is 2. The van der Waals surface area contributed by atoms with Crippen LogP contribution in [0.4, 0.5) is 5.69 Å². The molecule has 204 valence electrons. The monoisotopic (exact) mass is 521 g/mol. The second-order valence-electron chi connectivity index (χ2n) is 8.15. The predicted molar refractivity (Wildman–Crippen MR) is 154 cm³/mol. The minimum absolute atomic E-state index is 0.167. The number of amides is 1. The Bertz CT molecular complexity index is 855. The van der Waals surface area contributed by atoms with Gasteiger partial charge in [0.25, 0.3) is 5.91 Å². The van der Waals surface area contributed by atoms with E-state index in [1.54, 1.807) is 44.5 Å². The molecule has 36 heavy (non-hydrogen) atoms. The molecule has 1 amide bonds. The van der Waals surface area contributed by atoms with Crippen LogP contribution in [0.3, 0.4) is 0 Å². The topological polar surface area (TPSA) is 80.3 Å². The molecule has 2 N–H and O–H groups in total. The molecule has 0 radical (unpaired) electrons. The normalized spacial score (nSPS) is 10.4. The van der Waals surface area contributed by atoms with Crippen molar-refractivity contribution in [1.82, 2.24) is 10.3 Å². The summed E-state index contributed by atoms with van der Waals surface area (Å²) in [5, 5.41) is 6.96. The number of benzene rings is 1. The van der Waals surface area contributed by atoms with Gasteiger partial charge in [-0.15, -0.1) is 0 Å². The number of ketones is 1. The Morgan fingerprint density at radius 1 is 1.11 bits per heavy atom. The largest absolute Gasteiger partial charge is 0.385 e. The Morgan fingerprint density at radius 2 is 1.75 bits per heavy atom. The van der Waals surface area contributed by atoms with Gasteiger partial charge in [-0.25, -0.2) is 0 Å².